The number of carbonyl (C=O) groups is 2. The molecule has 0 aromatic heterocycles. The zero-order valence-corrected chi connectivity index (χ0v) is 8.77. The molecule has 0 aliphatic carbocycles. The van der Waals surface area contributed by atoms with Crippen LogP contribution in [0.5, 0.6) is 0 Å². The Labute approximate surface area is 88.5 Å². The van der Waals surface area contributed by atoms with Crippen molar-refractivity contribution in [3.63, 3.8) is 0 Å². The lowest BCUT2D eigenvalue weighted by molar-refractivity contribution is -0.141. The predicted octanol–water partition coefficient (Wildman–Crippen LogP) is -0.0330. The molecule has 3 N–H and O–H groups in total. The summed E-state index contributed by atoms with van der Waals surface area (Å²) in [7, 11) is 0. The van der Waals surface area contributed by atoms with E-state index in [2.05, 4.69) is 6.08 Å². The quantitative estimate of drug-likeness (QED) is 0.643. The number of carboxylic acid groups (broad SMARTS) is 1. The summed E-state index contributed by atoms with van der Waals surface area (Å²) in [5, 5.41) is 8.52. The lowest BCUT2D eigenvalue weighted by Gasteiger charge is -2.28. The number of nitrogens with two attached hydrogens (primary N) is 1. The molecule has 15 heavy (non-hydrogen) atoms. The molecule has 1 atom stereocenters. The van der Waals surface area contributed by atoms with E-state index >= 15 is 0 Å². The third-order valence-corrected chi connectivity index (χ3v) is 2.36. The number of aliphatic carboxylic acids is 1. The molecule has 1 rings (SSSR count). The highest BCUT2D eigenvalue weighted by Gasteiger charge is 2.24. The minimum atomic E-state index is -1.04. The molecule has 1 amide bonds. The van der Waals surface area contributed by atoms with Gasteiger partial charge in [-0.3, -0.25) is 9.59 Å². The summed E-state index contributed by atoms with van der Waals surface area (Å²) in [6, 6.07) is -0.923. The lowest BCUT2D eigenvalue weighted by atomic mass is 10.1. The third-order valence-electron chi connectivity index (χ3n) is 2.36. The molecule has 1 unspecified atom stereocenters. The van der Waals surface area contributed by atoms with Gasteiger partial charge in [0, 0.05) is 13.1 Å². The second-order valence-corrected chi connectivity index (χ2v) is 3.80. The van der Waals surface area contributed by atoms with Crippen molar-refractivity contribution in [1.82, 2.24) is 4.90 Å². The highest BCUT2D eigenvalue weighted by atomic mass is 16.4. The summed E-state index contributed by atoms with van der Waals surface area (Å²) in [4.78, 5) is 23.7. The van der Waals surface area contributed by atoms with Gasteiger partial charge in [0.05, 0.1) is 12.5 Å². The first-order valence-electron chi connectivity index (χ1n) is 4.92. The molecule has 0 spiro atoms. The first-order valence-corrected chi connectivity index (χ1v) is 4.92. The standard InChI is InChI=1S/C10H16N2O3/c1-7-3-2-4-12(6-7)10(15)8(11)5-9(13)14/h3,8H,2,4-6,11H2,1H3,(H,13,14). The van der Waals surface area contributed by atoms with Crippen molar-refractivity contribution in [2.45, 2.75) is 25.8 Å². The van der Waals surface area contributed by atoms with Crippen LogP contribution in [-0.2, 0) is 9.59 Å². The number of hydrogen-bond donors (Lipinski definition) is 2. The topological polar surface area (TPSA) is 83.6 Å². The molecule has 1 heterocycles. The average molecular weight is 212 g/mol. The highest BCUT2D eigenvalue weighted by molar-refractivity contribution is 5.86. The van der Waals surface area contributed by atoms with E-state index in [0.29, 0.717) is 13.1 Å². The zero-order chi connectivity index (χ0) is 11.4. The van der Waals surface area contributed by atoms with E-state index in [4.69, 9.17) is 10.8 Å². The number of carboxylic acids is 1. The van der Waals surface area contributed by atoms with Gasteiger partial charge < -0.3 is 15.7 Å². The van der Waals surface area contributed by atoms with Gasteiger partial charge in [-0.15, -0.1) is 0 Å². The van der Waals surface area contributed by atoms with Crippen molar-refractivity contribution in [2.75, 3.05) is 13.1 Å². The number of nitrogens with zero attached hydrogens (tertiary/aromatic N) is 1. The zero-order valence-electron chi connectivity index (χ0n) is 8.77. The molecule has 5 heteroatoms. The second-order valence-electron chi connectivity index (χ2n) is 3.80. The Hall–Kier alpha value is -1.36. The summed E-state index contributed by atoms with van der Waals surface area (Å²) in [6.45, 7) is 3.14. The fraction of sp³-hybridized carbons (Fsp3) is 0.600. The first kappa shape index (κ1) is 11.7. The van der Waals surface area contributed by atoms with E-state index in [0.717, 1.165) is 12.0 Å². The largest absolute Gasteiger partial charge is 0.481 e. The summed E-state index contributed by atoms with van der Waals surface area (Å²) in [5.74, 6) is -1.31. The second kappa shape index (κ2) is 4.93. The van der Waals surface area contributed by atoms with Crippen LogP contribution in [0.2, 0.25) is 0 Å². The fourth-order valence-corrected chi connectivity index (χ4v) is 1.61. The monoisotopic (exact) mass is 212 g/mol. The van der Waals surface area contributed by atoms with E-state index in [-0.39, 0.29) is 12.3 Å². The maximum atomic E-state index is 11.7. The minimum absolute atomic E-state index is 0.273. The van der Waals surface area contributed by atoms with Crippen molar-refractivity contribution >= 4 is 11.9 Å². The maximum absolute atomic E-state index is 11.7. The summed E-state index contributed by atoms with van der Waals surface area (Å²) >= 11 is 0. The molecule has 0 aromatic carbocycles. The Morgan fingerprint density at radius 1 is 1.67 bits per heavy atom. The van der Waals surface area contributed by atoms with Crippen molar-refractivity contribution in [1.29, 1.82) is 0 Å². The molecule has 0 saturated carbocycles. The Kier molecular flexibility index (Phi) is 3.85. The van der Waals surface area contributed by atoms with Crippen molar-refractivity contribution < 1.29 is 14.7 Å². The van der Waals surface area contributed by atoms with Crippen LogP contribution in [0, 0.1) is 0 Å². The van der Waals surface area contributed by atoms with Gasteiger partial charge in [0.1, 0.15) is 0 Å². The fourth-order valence-electron chi connectivity index (χ4n) is 1.61. The smallest absolute Gasteiger partial charge is 0.305 e. The van der Waals surface area contributed by atoms with E-state index in [9.17, 15) is 9.59 Å². The highest BCUT2D eigenvalue weighted by Crippen LogP contribution is 2.10. The summed E-state index contributed by atoms with van der Waals surface area (Å²) in [6.07, 6.45) is 2.59. The minimum Gasteiger partial charge on any atom is -0.481 e. The van der Waals surface area contributed by atoms with Gasteiger partial charge in [0.2, 0.25) is 5.91 Å². The predicted molar refractivity (Wildman–Crippen MR) is 55.2 cm³/mol. The number of carbonyl (C=O) groups excluding carboxylic acids is 1. The normalized spacial score (nSPS) is 18.3. The Morgan fingerprint density at radius 2 is 2.33 bits per heavy atom. The SMILES string of the molecule is CC1=CCCN(C(=O)C(N)CC(=O)O)C1. The number of rotatable bonds is 3. The van der Waals surface area contributed by atoms with Crippen molar-refractivity contribution in [3.8, 4) is 0 Å². The Bertz CT molecular complexity index is 299. The molecule has 5 nitrogen and oxygen atoms in total. The van der Waals surface area contributed by atoms with Crippen LogP contribution in [0.4, 0.5) is 0 Å². The molecule has 1 aliphatic heterocycles. The van der Waals surface area contributed by atoms with E-state index in [1.807, 2.05) is 6.92 Å². The maximum Gasteiger partial charge on any atom is 0.305 e. The van der Waals surface area contributed by atoms with Crippen LogP contribution in [0.3, 0.4) is 0 Å². The van der Waals surface area contributed by atoms with E-state index < -0.39 is 12.0 Å². The molecular weight excluding hydrogens is 196 g/mol. The summed E-state index contributed by atoms with van der Waals surface area (Å²) < 4.78 is 0. The van der Waals surface area contributed by atoms with Crippen LogP contribution in [-0.4, -0.2) is 41.0 Å². The van der Waals surface area contributed by atoms with Gasteiger partial charge in [-0.05, 0) is 13.3 Å². The Balaban J connectivity index is 2.53. The number of hydrogen-bond acceptors (Lipinski definition) is 3. The molecule has 0 radical (unpaired) electrons. The first-order chi connectivity index (χ1) is 7.00. The van der Waals surface area contributed by atoms with Gasteiger partial charge in [0.15, 0.2) is 0 Å². The number of amides is 1. The van der Waals surface area contributed by atoms with Gasteiger partial charge in [-0.1, -0.05) is 11.6 Å². The van der Waals surface area contributed by atoms with E-state index in [1.165, 1.54) is 0 Å². The van der Waals surface area contributed by atoms with Crippen LogP contribution in [0.25, 0.3) is 0 Å². The average Bonchev–Trinajstić information content (AvgIpc) is 2.15. The summed E-state index contributed by atoms with van der Waals surface area (Å²) in [5.41, 5.74) is 6.63. The van der Waals surface area contributed by atoms with Crippen molar-refractivity contribution in [2.24, 2.45) is 5.73 Å². The molecule has 0 saturated heterocycles. The molecule has 0 aromatic rings. The van der Waals surface area contributed by atoms with E-state index in [1.54, 1.807) is 4.90 Å². The van der Waals surface area contributed by atoms with Gasteiger partial charge in [0.25, 0.3) is 0 Å². The van der Waals surface area contributed by atoms with Crippen LogP contribution in [0.15, 0.2) is 11.6 Å². The third kappa shape index (κ3) is 3.36. The molecular formula is C10H16N2O3. The molecule has 0 fully saturated rings. The molecule has 84 valence electrons. The van der Waals surface area contributed by atoms with Crippen molar-refractivity contribution in [3.05, 3.63) is 11.6 Å². The molecule has 0 bridgehead atoms. The Morgan fingerprint density at radius 3 is 2.87 bits per heavy atom. The van der Waals surface area contributed by atoms with Gasteiger partial charge in [-0.25, -0.2) is 0 Å². The molecule has 1 aliphatic rings. The van der Waals surface area contributed by atoms with Crippen LogP contribution in [0.1, 0.15) is 19.8 Å². The van der Waals surface area contributed by atoms with Crippen LogP contribution >= 0.6 is 0 Å². The van der Waals surface area contributed by atoms with Crippen LogP contribution < -0.4 is 5.73 Å². The van der Waals surface area contributed by atoms with Gasteiger partial charge in [-0.2, -0.15) is 0 Å². The lowest BCUT2D eigenvalue weighted by Crippen LogP contribution is -2.46. The van der Waals surface area contributed by atoms with Gasteiger partial charge >= 0.3 is 5.97 Å².